The van der Waals surface area contributed by atoms with E-state index in [1.54, 1.807) is 0 Å². The lowest BCUT2D eigenvalue weighted by Crippen LogP contribution is -2.38. The van der Waals surface area contributed by atoms with Crippen molar-refractivity contribution in [3.63, 3.8) is 0 Å². The molecule has 1 aromatic carbocycles. The number of hydrogen-bond acceptors (Lipinski definition) is 5. The molecule has 0 spiro atoms. The van der Waals surface area contributed by atoms with Crippen LogP contribution < -0.4 is 0 Å². The summed E-state index contributed by atoms with van der Waals surface area (Å²) < 4.78 is 6.75. The number of rotatable bonds is 5. The number of benzene rings is 1. The van der Waals surface area contributed by atoms with Crippen molar-refractivity contribution in [2.75, 3.05) is 45.9 Å². The highest BCUT2D eigenvalue weighted by atomic mass is 32.1. The minimum Gasteiger partial charge on any atom is -0.379 e. The topological polar surface area (TPSA) is 28.6 Å². The quantitative estimate of drug-likeness (QED) is 0.841. The van der Waals surface area contributed by atoms with E-state index in [1.807, 2.05) is 11.3 Å². The molecule has 124 valence electrons. The summed E-state index contributed by atoms with van der Waals surface area (Å²) in [5.41, 5.74) is 1.16. The molecular weight excluding hydrogens is 306 g/mol. The van der Waals surface area contributed by atoms with Gasteiger partial charge in [0.25, 0.3) is 0 Å². The first-order valence-corrected chi connectivity index (χ1v) is 9.61. The number of morpholine rings is 1. The van der Waals surface area contributed by atoms with Crippen LogP contribution >= 0.6 is 11.3 Å². The predicted molar refractivity (Wildman–Crippen MR) is 95.0 cm³/mol. The molecule has 2 aromatic rings. The molecule has 0 radical (unpaired) electrons. The lowest BCUT2D eigenvalue weighted by molar-refractivity contribution is 0.0359. The van der Waals surface area contributed by atoms with Crippen LogP contribution in [0.1, 0.15) is 30.3 Å². The molecule has 0 saturated carbocycles. The number of hydrogen-bond donors (Lipinski definition) is 0. The second kappa shape index (κ2) is 7.26. The number of para-hydroxylation sites is 1. The fourth-order valence-corrected chi connectivity index (χ4v) is 4.87. The number of likely N-dealkylation sites (tertiary alicyclic amines) is 1. The first-order chi connectivity index (χ1) is 11.4. The maximum atomic E-state index is 5.42. The van der Waals surface area contributed by atoms with Crippen molar-refractivity contribution in [2.45, 2.75) is 25.3 Å². The van der Waals surface area contributed by atoms with Gasteiger partial charge < -0.3 is 4.74 Å². The van der Waals surface area contributed by atoms with E-state index in [4.69, 9.17) is 9.72 Å². The number of fused-ring (bicyclic) bond motifs is 1. The van der Waals surface area contributed by atoms with Crippen LogP contribution in [-0.4, -0.2) is 60.7 Å². The van der Waals surface area contributed by atoms with E-state index in [0.29, 0.717) is 6.04 Å². The zero-order chi connectivity index (χ0) is 15.5. The molecule has 5 heteroatoms. The maximum absolute atomic E-state index is 5.42. The van der Waals surface area contributed by atoms with Gasteiger partial charge in [-0.2, -0.15) is 0 Å². The van der Waals surface area contributed by atoms with Gasteiger partial charge in [0.1, 0.15) is 5.01 Å². The fraction of sp³-hybridized carbons (Fsp3) is 0.611. The number of thiazole rings is 1. The van der Waals surface area contributed by atoms with Gasteiger partial charge in [-0.05, 0) is 44.5 Å². The second-order valence-electron chi connectivity index (χ2n) is 6.52. The molecule has 0 N–H and O–H groups in total. The van der Waals surface area contributed by atoms with Crippen molar-refractivity contribution in [1.82, 2.24) is 14.8 Å². The van der Waals surface area contributed by atoms with Gasteiger partial charge in [-0.25, -0.2) is 4.98 Å². The van der Waals surface area contributed by atoms with Crippen molar-refractivity contribution in [1.29, 1.82) is 0 Å². The van der Waals surface area contributed by atoms with Crippen molar-refractivity contribution in [3.8, 4) is 0 Å². The summed E-state index contributed by atoms with van der Waals surface area (Å²) in [6.45, 7) is 7.62. The third kappa shape index (κ3) is 3.58. The van der Waals surface area contributed by atoms with E-state index in [2.05, 4.69) is 34.1 Å². The highest BCUT2D eigenvalue weighted by Gasteiger charge is 2.28. The molecule has 2 aliphatic heterocycles. The Kier molecular flexibility index (Phi) is 4.90. The van der Waals surface area contributed by atoms with Crippen molar-refractivity contribution < 1.29 is 4.74 Å². The molecule has 1 atom stereocenters. The molecule has 4 nitrogen and oxygen atoms in total. The first kappa shape index (κ1) is 15.5. The third-order valence-corrected chi connectivity index (χ3v) is 6.12. The Morgan fingerprint density at radius 2 is 2.00 bits per heavy atom. The van der Waals surface area contributed by atoms with E-state index in [1.165, 1.54) is 48.6 Å². The highest BCUT2D eigenvalue weighted by Crippen LogP contribution is 2.36. The molecular formula is C18H25N3OS. The molecule has 0 unspecified atom stereocenters. The van der Waals surface area contributed by atoms with Crippen molar-refractivity contribution >= 4 is 21.6 Å². The normalized spacial score (nSPS) is 23.7. The smallest absolute Gasteiger partial charge is 0.111 e. The summed E-state index contributed by atoms with van der Waals surface area (Å²) in [4.78, 5) is 10.1. The maximum Gasteiger partial charge on any atom is 0.111 e. The molecule has 3 heterocycles. The zero-order valence-electron chi connectivity index (χ0n) is 13.6. The van der Waals surface area contributed by atoms with Crippen LogP contribution in [0, 0.1) is 0 Å². The molecule has 0 amide bonds. The van der Waals surface area contributed by atoms with Gasteiger partial charge in [0.2, 0.25) is 0 Å². The number of nitrogens with zero attached hydrogens (tertiary/aromatic N) is 3. The average molecular weight is 331 g/mol. The second-order valence-corrected chi connectivity index (χ2v) is 7.58. The summed E-state index contributed by atoms with van der Waals surface area (Å²) in [6.07, 6.45) is 3.82. The van der Waals surface area contributed by atoms with Crippen LogP contribution in [0.2, 0.25) is 0 Å². The number of ether oxygens (including phenoxy) is 1. The van der Waals surface area contributed by atoms with Gasteiger partial charge in [0, 0.05) is 19.6 Å². The Morgan fingerprint density at radius 1 is 1.13 bits per heavy atom. The van der Waals surface area contributed by atoms with E-state index in [9.17, 15) is 0 Å². The Labute approximate surface area is 142 Å². The Bertz CT molecular complexity index is 605. The van der Waals surface area contributed by atoms with Crippen LogP contribution in [-0.2, 0) is 4.74 Å². The molecule has 2 saturated heterocycles. The van der Waals surface area contributed by atoms with Crippen molar-refractivity contribution in [3.05, 3.63) is 29.3 Å². The fourth-order valence-electron chi connectivity index (χ4n) is 3.73. The predicted octanol–water partition coefficient (Wildman–Crippen LogP) is 3.16. The Hall–Kier alpha value is -1.01. The summed E-state index contributed by atoms with van der Waals surface area (Å²) in [6, 6.07) is 9.05. The van der Waals surface area contributed by atoms with Crippen LogP contribution in [0.15, 0.2) is 24.3 Å². The largest absolute Gasteiger partial charge is 0.379 e. The van der Waals surface area contributed by atoms with Crippen LogP contribution in [0.25, 0.3) is 10.2 Å². The molecule has 2 fully saturated rings. The van der Waals surface area contributed by atoms with Gasteiger partial charge in [0.15, 0.2) is 0 Å². The van der Waals surface area contributed by atoms with Crippen molar-refractivity contribution in [2.24, 2.45) is 0 Å². The van der Waals surface area contributed by atoms with Gasteiger partial charge in [-0.1, -0.05) is 12.1 Å². The van der Waals surface area contributed by atoms with E-state index in [-0.39, 0.29) is 0 Å². The molecule has 0 bridgehead atoms. The summed E-state index contributed by atoms with van der Waals surface area (Å²) in [7, 11) is 0. The zero-order valence-corrected chi connectivity index (χ0v) is 14.4. The van der Waals surface area contributed by atoms with Gasteiger partial charge in [-0.15, -0.1) is 11.3 Å². The Balaban J connectivity index is 1.36. The monoisotopic (exact) mass is 331 g/mol. The van der Waals surface area contributed by atoms with Gasteiger partial charge >= 0.3 is 0 Å². The van der Waals surface area contributed by atoms with Crippen LogP contribution in [0.5, 0.6) is 0 Å². The third-order valence-electron chi connectivity index (χ3n) is 4.98. The molecule has 1 aromatic heterocycles. The van der Waals surface area contributed by atoms with E-state index in [0.717, 1.165) is 31.8 Å². The first-order valence-electron chi connectivity index (χ1n) is 8.80. The molecule has 23 heavy (non-hydrogen) atoms. The lowest BCUT2D eigenvalue weighted by atomic mass is 10.2. The standard InChI is InChI=1S/C18H25N3OS/c1-2-7-17-15(5-1)19-18(23-17)16-6-3-9-21(16)10-4-8-20-11-13-22-14-12-20/h1-2,5,7,16H,3-4,6,8-14H2/t16-/m0/s1. The average Bonchev–Trinajstić information content (AvgIpc) is 3.21. The minimum atomic E-state index is 0.539. The van der Waals surface area contributed by atoms with Crippen LogP contribution in [0.3, 0.4) is 0 Å². The summed E-state index contributed by atoms with van der Waals surface area (Å²) in [5.74, 6) is 0. The van der Waals surface area contributed by atoms with Crippen LogP contribution in [0.4, 0.5) is 0 Å². The van der Waals surface area contributed by atoms with E-state index >= 15 is 0 Å². The Morgan fingerprint density at radius 3 is 2.87 bits per heavy atom. The minimum absolute atomic E-state index is 0.539. The number of aromatic nitrogens is 1. The molecule has 4 rings (SSSR count). The van der Waals surface area contributed by atoms with Gasteiger partial charge in [0.05, 0.1) is 29.5 Å². The SMILES string of the molecule is c1ccc2sc([C@@H]3CCCN3CCCN3CCOCC3)nc2c1. The van der Waals surface area contributed by atoms with Gasteiger partial charge in [-0.3, -0.25) is 9.80 Å². The lowest BCUT2D eigenvalue weighted by Gasteiger charge is -2.28. The summed E-state index contributed by atoms with van der Waals surface area (Å²) in [5, 5.41) is 1.31. The molecule has 2 aliphatic rings. The van der Waals surface area contributed by atoms with E-state index < -0.39 is 0 Å². The highest BCUT2D eigenvalue weighted by molar-refractivity contribution is 7.18. The summed E-state index contributed by atoms with van der Waals surface area (Å²) >= 11 is 1.88. The molecule has 0 aliphatic carbocycles.